The molecule has 0 heterocycles. The maximum atomic E-state index is 10.2. The molecule has 2 rings (SSSR count). The molecule has 2 aromatic rings. The van der Waals surface area contributed by atoms with Gasteiger partial charge in [-0.25, -0.2) is 0 Å². The number of aliphatic hydroxyl groups is 1. The average Bonchev–Trinajstić information content (AvgIpc) is 2.54. The molecule has 132 valence electrons. The van der Waals surface area contributed by atoms with Crippen LogP contribution in [0.2, 0.25) is 0 Å². The molecule has 2 aromatic carbocycles. The van der Waals surface area contributed by atoms with E-state index < -0.39 is 6.10 Å². The second-order valence-corrected chi connectivity index (χ2v) is 6.91. The van der Waals surface area contributed by atoms with E-state index in [1.54, 1.807) is 0 Å². The van der Waals surface area contributed by atoms with Crippen molar-refractivity contribution in [3.63, 3.8) is 0 Å². The molecule has 3 nitrogen and oxygen atoms in total. The maximum absolute atomic E-state index is 10.2. The van der Waals surface area contributed by atoms with E-state index in [1.165, 1.54) is 5.56 Å². The summed E-state index contributed by atoms with van der Waals surface area (Å²) in [5.41, 5.74) is 2.35. The first-order valence-electron chi connectivity index (χ1n) is 8.17. The normalized spacial score (nSPS) is 12.6. The van der Waals surface area contributed by atoms with Gasteiger partial charge in [0.15, 0.2) is 0 Å². The van der Waals surface area contributed by atoms with Gasteiger partial charge in [0.2, 0.25) is 0 Å². The number of aliphatic hydroxyl groups excluding tert-OH is 1. The Balaban J connectivity index is 0.00000288. The van der Waals surface area contributed by atoms with E-state index in [-0.39, 0.29) is 12.4 Å². The molecule has 0 aliphatic heterocycles. The molecule has 1 unspecified atom stereocenters. The molecule has 0 aliphatic carbocycles. The molecule has 0 saturated carbocycles. The SMILES string of the molecule is CC(C)[N+](C)(C)CC(O)COc1ccc(-c2ccccc2)cc1.[Cl-]. The van der Waals surface area contributed by atoms with Gasteiger partial charge in [0, 0.05) is 0 Å². The zero-order valence-electron chi connectivity index (χ0n) is 14.9. The van der Waals surface area contributed by atoms with E-state index in [0.29, 0.717) is 19.2 Å². The van der Waals surface area contributed by atoms with Crippen molar-refractivity contribution in [2.45, 2.75) is 26.0 Å². The summed E-state index contributed by atoms with van der Waals surface area (Å²) >= 11 is 0. The molecule has 0 bridgehead atoms. The highest BCUT2D eigenvalue weighted by Crippen LogP contribution is 2.22. The third-order valence-corrected chi connectivity index (χ3v) is 4.48. The lowest BCUT2D eigenvalue weighted by Gasteiger charge is -2.35. The lowest BCUT2D eigenvalue weighted by molar-refractivity contribution is -0.914. The van der Waals surface area contributed by atoms with Gasteiger partial charge in [-0.1, -0.05) is 42.5 Å². The van der Waals surface area contributed by atoms with Crippen molar-refractivity contribution in [2.24, 2.45) is 0 Å². The van der Waals surface area contributed by atoms with Crippen molar-refractivity contribution in [1.29, 1.82) is 0 Å². The second-order valence-electron chi connectivity index (χ2n) is 6.91. The number of ether oxygens (including phenoxy) is 1. The Bertz CT molecular complexity index is 597. The monoisotopic (exact) mass is 349 g/mol. The summed E-state index contributed by atoms with van der Waals surface area (Å²) in [6, 6.07) is 18.7. The van der Waals surface area contributed by atoms with E-state index in [2.05, 4.69) is 40.1 Å². The molecule has 0 aromatic heterocycles. The number of likely N-dealkylation sites (N-methyl/N-ethyl adjacent to an activating group) is 1. The first-order valence-corrected chi connectivity index (χ1v) is 8.17. The van der Waals surface area contributed by atoms with Crippen molar-refractivity contribution in [1.82, 2.24) is 0 Å². The number of quaternary nitrogens is 1. The van der Waals surface area contributed by atoms with E-state index in [0.717, 1.165) is 15.8 Å². The first kappa shape index (κ1) is 20.5. The molecular weight excluding hydrogens is 322 g/mol. The average molecular weight is 350 g/mol. The number of rotatable bonds is 7. The highest BCUT2D eigenvalue weighted by molar-refractivity contribution is 5.63. The predicted molar refractivity (Wildman–Crippen MR) is 95.5 cm³/mol. The van der Waals surface area contributed by atoms with Crippen molar-refractivity contribution in [3.8, 4) is 16.9 Å². The summed E-state index contributed by atoms with van der Waals surface area (Å²) in [4.78, 5) is 0. The molecule has 0 saturated heterocycles. The molecule has 4 heteroatoms. The fraction of sp³-hybridized carbons (Fsp3) is 0.400. The molecule has 24 heavy (non-hydrogen) atoms. The van der Waals surface area contributed by atoms with Gasteiger partial charge < -0.3 is 26.7 Å². The minimum absolute atomic E-state index is 0. The highest BCUT2D eigenvalue weighted by Gasteiger charge is 2.24. The van der Waals surface area contributed by atoms with Crippen molar-refractivity contribution < 1.29 is 26.7 Å². The third-order valence-electron chi connectivity index (χ3n) is 4.48. The number of benzene rings is 2. The Morgan fingerprint density at radius 2 is 1.46 bits per heavy atom. The van der Waals surface area contributed by atoms with Gasteiger partial charge in [-0.2, -0.15) is 0 Å². The standard InChI is InChI=1S/C20H28NO2.ClH/c1-16(2)21(3,4)14-19(22)15-23-20-12-10-18(11-13-20)17-8-6-5-7-9-17;/h5-13,16,19,22H,14-15H2,1-4H3;1H/q+1;/p-1. The van der Waals surface area contributed by atoms with E-state index in [4.69, 9.17) is 4.74 Å². The molecular formula is C20H28ClNO2. The van der Waals surface area contributed by atoms with Gasteiger partial charge in [0.25, 0.3) is 0 Å². The summed E-state index contributed by atoms with van der Waals surface area (Å²) in [5, 5.41) is 10.2. The number of hydrogen-bond acceptors (Lipinski definition) is 2. The molecule has 0 fully saturated rings. The van der Waals surface area contributed by atoms with Crippen molar-refractivity contribution in [3.05, 3.63) is 54.6 Å². The zero-order valence-corrected chi connectivity index (χ0v) is 15.7. The molecule has 1 atom stereocenters. The Morgan fingerprint density at radius 1 is 0.917 bits per heavy atom. The van der Waals surface area contributed by atoms with Crippen LogP contribution < -0.4 is 17.1 Å². The molecule has 1 N–H and O–H groups in total. The van der Waals surface area contributed by atoms with Gasteiger partial charge in [0.1, 0.15) is 25.0 Å². The summed E-state index contributed by atoms with van der Waals surface area (Å²) in [5.74, 6) is 0.790. The molecule has 0 aliphatic rings. The van der Waals surface area contributed by atoms with Crippen LogP contribution in [0.4, 0.5) is 0 Å². The van der Waals surface area contributed by atoms with E-state index >= 15 is 0 Å². The van der Waals surface area contributed by atoms with Crippen molar-refractivity contribution >= 4 is 0 Å². The summed E-state index contributed by atoms with van der Waals surface area (Å²) in [6.07, 6.45) is -0.471. The van der Waals surface area contributed by atoms with E-state index in [9.17, 15) is 5.11 Å². The number of hydrogen-bond donors (Lipinski definition) is 1. The Kier molecular flexibility index (Phi) is 7.74. The van der Waals surface area contributed by atoms with Gasteiger partial charge in [-0.05, 0) is 37.1 Å². The van der Waals surface area contributed by atoms with Crippen LogP contribution in [0.3, 0.4) is 0 Å². The van der Waals surface area contributed by atoms with Crippen LogP contribution in [-0.4, -0.2) is 49.0 Å². The Hall–Kier alpha value is -1.55. The lowest BCUT2D eigenvalue weighted by Crippen LogP contribution is -3.00. The minimum atomic E-state index is -0.471. The first-order chi connectivity index (χ1) is 10.9. The van der Waals surface area contributed by atoms with Crippen molar-refractivity contribution in [2.75, 3.05) is 27.2 Å². The van der Waals surface area contributed by atoms with Crippen LogP contribution >= 0.6 is 0 Å². The molecule has 0 spiro atoms. The van der Waals surface area contributed by atoms with Crippen LogP contribution in [-0.2, 0) is 0 Å². The van der Waals surface area contributed by atoms with Gasteiger partial charge in [-0.3, -0.25) is 0 Å². The Labute approximate surface area is 151 Å². The quantitative estimate of drug-likeness (QED) is 0.741. The van der Waals surface area contributed by atoms with E-state index in [1.807, 2.05) is 42.5 Å². The summed E-state index contributed by atoms with van der Waals surface area (Å²) < 4.78 is 6.50. The summed E-state index contributed by atoms with van der Waals surface area (Å²) in [7, 11) is 4.26. The van der Waals surface area contributed by atoms with Crippen LogP contribution in [0.5, 0.6) is 5.75 Å². The smallest absolute Gasteiger partial charge is 0.137 e. The topological polar surface area (TPSA) is 29.5 Å². The highest BCUT2D eigenvalue weighted by atomic mass is 35.5. The van der Waals surface area contributed by atoms with Crippen LogP contribution in [0.25, 0.3) is 11.1 Å². The fourth-order valence-corrected chi connectivity index (χ4v) is 2.37. The number of nitrogens with zero attached hydrogens (tertiary/aromatic N) is 1. The predicted octanol–water partition coefficient (Wildman–Crippen LogP) is 0.582. The zero-order chi connectivity index (χ0) is 16.9. The van der Waals surface area contributed by atoms with Crippen LogP contribution in [0.1, 0.15) is 13.8 Å². The Morgan fingerprint density at radius 3 is 2.00 bits per heavy atom. The minimum Gasteiger partial charge on any atom is -1.00 e. The largest absolute Gasteiger partial charge is 1.00 e. The lowest BCUT2D eigenvalue weighted by atomic mass is 10.1. The molecule has 0 radical (unpaired) electrons. The third kappa shape index (κ3) is 5.82. The van der Waals surface area contributed by atoms with Crippen LogP contribution in [0, 0.1) is 0 Å². The second kappa shape index (κ2) is 9.07. The van der Waals surface area contributed by atoms with Crippen LogP contribution in [0.15, 0.2) is 54.6 Å². The summed E-state index contributed by atoms with van der Waals surface area (Å²) in [6.45, 7) is 5.32. The van der Waals surface area contributed by atoms with Gasteiger partial charge in [-0.15, -0.1) is 0 Å². The fourth-order valence-electron chi connectivity index (χ4n) is 2.37. The maximum Gasteiger partial charge on any atom is 0.137 e. The number of halogens is 1. The van der Waals surface area contributed by atoms with Gasteiger partial charge >= 0.3 is 0 Å². The van der Waals surface area contributed by atoms with Gasteiger partial charge in [0.05, 0.1) is 20.1 Å². The molecule has 0 amide bonds.